The number of carbonyl (C=O) groups is 1. The molecule has 0 spiro atoms. The van der Waals surface area contributed by atoms with Crippen LogP contribution in [0.1, 0.15) is 18.5 Å². The van der Waals surface area contributed by atoms with E-state index >= 15 is 0 Å². The SMILES string of the molecule is COc1cc(NC(=O)N2CCC(Oc3cc(C)n(C)c(=O)c3)CC2)cc(OC)c1OC. The Morgan fingerprint density at radius 1 is 1.00 bits per heavy atom. The monoisotopic (exact) mass is 431 g/mol. The Kier molecular flexibility index (Phi) is 6.94. The molecule has 0 unspecified atom stereocenters. The zero-order valence-corrected chi connectivity index (χ0v) is 18.6. The van der Waals surface area contributed by atoms with E-state index in [9.17, 15) is 9.59 Å². The molecule has 9 heteroatoms. The van der Waals surface area contributed by atoms with Gasteiger partial charge in [0, 0.05) is 56.9 Å². The highest BCUT2D eigenvalue weighted by Crippen LogP contribution is 2.40. The maximum atomic E-state index is 12.7. The van der Waals surface area contributed by atoms with Gasteiger partial charge in [-0.2, -0.15) is 0 Å². The van der Waals surface area contributed by atoms with Crippen LogP contribution in [-0.4, -0.2) is 56.0 Å². The van der Waals surface area contributed by atoms with Gasteiger partial charge in [0.1, 0.15) is 11.9 Å². The van der Waals surface area contributed by atoms with E-state index < -0.39 is 0 Å². The minimum atomic E-state index is -0.211. The lowest BCUT2D eigenvalue weighted by Gasteiger charge is -2.32. The summed E-state index contributed by atoms with van der Waals surface area (Å²) in [6.07, 6.45) is 1.31. The third-order valence-electron chi connectivity index (χ3n) is 5.42. The smallest absolute Gasteiger partial charge is 0.321 e. The van der Waals surface area contributed by atoms with E-state index in [-0.39, 0.29) is 17.7 Å². The minimum absolute atomic E-state index is 0.0447. The van der Waals surface area contributed by atoms with Gasteiger partial charge in [-0.1, -0.05) is 0 Å². The number of aryl methyl sites for hydroxylation is 1. The Morgan fingerprint density at radius 2 is 1.61 bits per heavy atom. The number of hydrogen-bond acceptors (Lipinski definition) is 6. The van der Waals surface area contributed by atoms with Crippen molar-refractivity contribution in [2.45, 2.75) is 25.9 Å². The van der Waals surface area contributed by atoms with Gasteiger partial charge in [-0.3, -0.25) is 4.79 Å². The van der Waals surface area contributed by atoms with Gasteiger partial charge in [0.05, 0.1) is 27.0 Å². The molecule has 1 saturated heterocycles. The Morgan fingerprint density at radius 3 is 2.13 bits per heavy atom. The molecule has 2 amide bonds. The molecule has 1 aromatic heterocycles. The largest absolute Gasteiger partial charge is 0.493 e. The van der Waals surface area contributed by atoms with E-state index in [4.69, 9.17) is 18.9 Å². The lowest BCUT2D eigenvalue weighted by molar-refractivity contribution is 0.115. The van der Waals surface area contributed by atoms with Crippen LogP contribution in [0.5, 0.6) is 23.0 Å². The highest BCUT2D eigenvalue weighted by molar-refractivity contribution is 5.90. The summed E-state index contributed by atoms with van der Waals surface area (Å²) >= 11 is 0. The fraction of sp³-hybridized carbons (Fsp3) is 0.455. The van der Waals surface area contributed by atoms with E-state index in [2.05, 4.69) is 5.32 Å². The number of nitrogens with one attached hydrogen (secondary N) is 1. The second-order valence-corrected chi connectivity index (χ2v) is 7.38. The molecule has 31 heavy (non-hydrogen) atoms. The molecule has 1 aromatic carbocycles. The summed E-state index contributed by atoms with van der Waals surface area (Å²) in [6, 6.07) is 6.51. The minimum Gasteiger partial charge on any atom is -0.493 e. The third-order valence-corrected chi connectivity index (χ3v) is 5.42. The van der Waals surface area contributed by atoms with Crippen molar-refractivity contribution in [3.05, 3.63) is 40.3 Å². The molecule has 0 bridgehead atoms. The number of anilines is 1. The fourth-order valence-corrected chi connectivity index (χ4v) is 3.53. The first-order chi connectivity index (χ1) is 14.9. The van der Waals surface area contributed by atoms with Gasteiger partial charge in [0.2, 0.25) is 5.75 Å². The molecule has 2 aromatic rings. The Bertz CT molecular complexity index is 970. The molecule has 3 rings (SSSR count). The highest BCUT2D eigenvalue weighted by atomic mass is 16.5. The maximum Gasteiger partial charge on any atom is 0.321 e. The van der Waals surface area contributed by atoms with Crippen LogP contribution in [0.2, 0.25) is 0 Å². The summed E-state index contributed by atoms with van der Waals surface area (Å²) in [5.41, 5.74) is 1.29. The Balaban J connectivity index is 1.60. The first kappa shape index (κ1) is 22.3. The summed E-state index contributed by atoms with van der Waals surface area (Å²) in [7, 11) is 6.31. The highest BCUT2D eigenvalue weighted by Gasteiger charge is 2.25. The van der Waals surface area contributed by atoms with Crippen molar-refractivity contribution in [2.24, 2.45) is 7.05 Å². The van der Waals surface area contributed by atoms with Gasteiger partial charge in [0.25, 0.3) is 5.56 Å². The van der Waals surface area contributed by atoms with Crippen LogP contribution in [0.25, 0.3) is 0 Å². The predicted molar refractivity (Wildman–Crippen MR) is 117 cm³/mol. The number of methoxy groups -OCH3 is 3. The van der Waals surface area contributed by atoms with Crippen molar-refractivity contribution < 1.29 is 23.7 Å². The molecule has 2 heterocycles. The molecule has 1 fully saturated rings. The number of ether oxygens (including phenoxy) is 4. The van der Waals surface area contributed by atoms with Crippen molar-refractivity contribution in [1.82, 2.24) is 9.47 Å². The molecule has 0 atom stereocenters. The number of hydrogen-bond donors (Lipinski definition) is 1. The van der Waals surface area contributed by atoms with Crippen LogP contribution in [0.15, 0.2) is 29.1 Å². The molecule has 0 radical (unpaired) electrons. The number of pyridine rings is 1. The summed E-state index contributed by atoms with van der Waals surface area (Å²) in [5.74, 6) is 1.97. The van der Waals surface area contributed by atoms with Gasteiger partial charge >= 0.3 is 6.03 Å². The molecule has 1 aliphatic rings. The Labute approximate surface area is 181 Å². The molecule has 0 aliphatic carbocycles. The average molecular weight is 431 g/mol. The zero-order chi connectivity index (χ0) is 22.5. The number of likely N-dealkylation sites (tertiary alicyclic amines) is 1. The van der Waals surface area contributed by atoms with E-state index in [0.29, 0.717) is 54.6 Å². The van der Waals surface area contributed by atoms with Crippen molar-refractivity contribution >= 4 is 11.7 Å². The molecule has 1 aliphatic heterocycles. The van der Waals surface area contributed by atoms with Gasteiger partial charge in [0.15, 0.2) is 11.5 Å². The first-order valence-corrected chi connectivity index (χ1v) is 10.1. The van der Waals surface area contributed by atoms with Gasteiger partial charge in [-0.15, -0.1) is 0 Å². The van der Waals surface area contributed by atoms with E-state index in [1.807, 2.05) is 13.0 Å². The fourth-order valence-electron chi connectivity index (χ4n) is 3.53. The van der Waals surface area contributed by atoms with E-state index in [1.165, 1.54) is 27.4 Å². The number of piperidine rings is 1. The van der Waals surface area contributed by atoms with Crippen LogP contribution < -0.4 is 29.8 Å². The second-order valence-electron chi connectivity index (χ2n) is 7.38. The molecule has 168 valence electrons. The first-order valence-electron chi connectivity index (χ1n) is 10.1. The standard InChI is InChI=1S/C22H29N3O6/c1-14-10-17(13-20(26)24(14)2)31-16-6-8-25(9-7-16)22(27)23-15-11-18(28-3)21(30-5)19(12-15)29-4/h10-13,16H,6-9H2,1-5H3,(H,23,27). The number of urea groups is 1. The van der Waals surface area contributed by atoms with Crippen LogP contribution >= 0.6 is 0 Å². The lowest BCUT2D eigenvalue weighted by Crippen LogP contribution is -2.43. The molecular weight excluding hydrogens is 402 g/mol. The van der Waals surface area contributed by atoms with Gasteiger partial charge < -0.3 is 33.7 Å². The molecular formula is C22H29N3O6. The number of rotatable bonds is 6. The number of carbonyl (C=O) groups excluding carboxylic acids is 1. The molecule has 0 saturated carbocycles. The lowest BCUT2D eigenvalue weighted by atomic mass is 10.1. The Hall–Kier alpha value is -3.36. The number of amides is 2. The number of benzene rings is 1. The zero-order valence-electron chi connectivity index (χ0n) is 18.6. The summed E-state index contributed by atoms with van der Waals surface area (Å²) in [4.78, 5) is 26.4. The van der Waals surface area contributed by atoms with Gasteiger partial charge in [-0.25, -0.2) is 4.79 Å². The topological polar surface area (TPSA) is 91.3 Å². The van der Waals surface area contributed by atoms with Crippen LogP contribution in [-0.2, 0) is 7.05 Å². The van der Waals surface area contributed by atoms with Crippen LogP contribution in [0, 0.1) is 6.92 Å². The summed E-state index contributed by atoms with van der Waals surface area (Å²) in [6.45, 7) is 2.96. The third kappa shape index (κ3) is 5.04. The summed E-state index contributed by atoms with van der Waals surface area (Å²) in [5, 5.41) is 2.88. The van der Waals surface area contributed by atoms with E-state index in [0.717, 1.165) is 5.69 Å². The maximum absolute atomic E-state index is 12.7. The summed E-state index contributed by atoms with van der Waals surface area (Å²) < 4.78 is 23.5. The van der Waals surface area contributed by atoms with Gasteiger partial charge in [-0.05, 0) is 13.0 Å². The van der Waals surface area contributed by atoms with Crippen LogP contribution in [0.3, 0.4) is 0 Å². The van der Waals surface area contributed by atoms with Crippen molar-refractivity contribution in [1.29, 1.82) is 0 Å². The normalized spacial score (nSPS) is 14.2. The van der Waals surface area contributed by atoms with Crippen LogP contribution in [0.4, 0.5) is 10.5 Å². The second kappa shape index (κ2) is 9.63. The molecule has 9 nitrogen and oxygen atoms in total. The predicted octanol–water partition coefficient (Wildman–Crippen LogP) is 2.79. The number of nitrogens with zero attached hydrogens (tertiary/aromatic N) is 2. The average Bonchev–Trinajstić information content (AvgIpc) is 2.77. The van der Waals surface area contributed by atoms with E-state index in [1.54, 1.807) is 28.6 Å². The van der Waals surface area contributed by atoms with Crippen molar-refractivity contribution in [3.8, 4) is 23.0 Å². The van der Waals surface area contributed by atoms with Crippen molar-refractivity contribution in [3.63, 3.8) is 0 Å². The quantitative estimate of drug-likeness (QED) is 0.756. The molecule has 1 N–H and O–H groups in total. The number of aromatic nitrogens is 1. The van der Waals surface area contributed by atoms with Crippen molar-refractivity contribution in [2.75, 3.05) is 39.7 Å².